The summed E-state index contributed by atoms with van der Waals surface area (Å²) in [6, 6.07) is 0. The summed E-state index contributed by atoms with van der Waals surface area (Å²) in [5.74, 6) is 0. The van der Waals surface area contributed by atoms with Crippen LogP contribution in [0.1, 0.15) is 13.3 Å². The Bertz CT molecular complexity index is 241. The van der Waals surface area contributed by atoms with Crippen LogP contribution in [0.25, 0.3) is 0 Å². The van der Waals surface area contributed by atoms with Crippen molar-refractivity contribution in [3.63, 3.8) is 0 Å². The Balaban J connectivity index is 4.24. The molecule has 0 heterocycles. The fourth-order valence-corrected chi connectivity index (χ4v) is 2.54. The van der Waals surface area contributed by atoms with Crippen LogP contribution in [0.2, 0.25) is 0 Å². The van der Waals surface area contributed by atoms with Gasteiger partial charge in [0.15, 0.2) is 0 Å². The van der Waals surface area contributed by atoms with Crippen molar-refractivity contribution in [1.29, 1.82) is 0 Å². The molecule has 0 amide bonds. The van der Waals surface area contributed by atoms with Gasteiger partial charge in [-0.3, -0.25) is 9.80 Å². The maximum absolute atomic E-state index is 9.24. The van der Waals surface area contributed by atoms with E-state index >= 15 is 0 Å². The van der Waals surface area contributed by atoms with Gasteiger partial charge in [0.05, 0.1) is 19.8 Å². The Morgan fingerprint density at radius 1 is 0.652 bits per heavy atom. The summed E-state index contributed by atoms with van der Waals surface area (Å²) >= 11 is 0. The lowest BCUT2D eigenvalue weighted by Crippen LogP contribution is -2.43. The second-order valence-corrected chi connectivity index (χ2v) is 5.65. The molecule has 0 saturated carbocycles. The van der Waals surface area contributed by atoms with Crippen LogP contribution in [0.15, 0.2) is 0 Å². The van der Waals surface area contributed by atoms with E-state index in [4.69, 9.17) is 17.3 Å². The van der Waals surface area contributed by atoms with Gasteiger partial charge in [-0.05, 0) is 13.0 Å². The summed E-state index contributed by atoms with van der Waals surface area (Å²) in [4.78, 5) is 6.62. The number of aliphatic hydroxyl groups is 3. The Morgan fingerprint density at radius 2 is 1.04 bits per heavy atom. The van der Waals surface area contributed by atoms with E-state index in [0.29, 0.717) is 19.6 Å². The third-order valence-corrected chi connectivity index (χ3v) is 3.83. The van der Waals surface area contributed by atoms with Crippen LogP contribution < -0.4 is 5.32 Å². The van der Waals surface area contributed by atoms with E-state index in [1.54, 1.807) is 0 Å². The molecule has 0 bridgehead atoms. The molecule has 0 rings (SSSR count). The minimum atomic E-state index is 0.0936. The molecule has 0 aromatic heterocycles. The minimum absolute atomic E-state index is 0.0936. The van der Waals surface area contributed by atoms with Crippen molar-refractivity contribution in [2.24, 2.45) is 0 Å². The van der Waals surface area contributed by atoms with E-state index in [2.05, 4.69) is 22.0 Å². The molecule has 0 saturated heterocycles. The highest BCUT2D eigenvalue weighted by Gasteiger charge is 2.11. The molecular formula is C16H36N4O3. The fraction of sp³-hybridized carbons (Fsp3) is 0.938. The zero-order valence-corrected chi connectivity index (χ0v) is 14.7. The summed E-state index contributed by atoms with van der Waals surface area (Å²) in [5.41, 5.74) is 0. The highest BCUT2D eigenvalue weighted by Crippen LogP contribution is 1.96. The Hall–Kier alpha value is -0.280. The average molecular weight is 332 g/mol. The molecule has 7 nitrogen and oxygen atoms in total. The maximum atomic E-state index is 9.24. The van der Waals surface area contributed by atoms with E-state index in [1.807, 2.05) is 4.90 Å². The number of aliphatic hydroxyl groups excluding tert-OH is 3. The van der Waals surface area contributed by atoms with Crippen molar-refractivity contribution in [3.05, 3.63) is 7.05 Å². The van der Waals surface area contributed by atoms with E-state index < -0.39 is 0 Å². The number of nitrogens with zero attached hydrogens (tertiary/aromatic N) is 3. The predicted molar refractivity (Wildman–Crippen MR) is 93.2 cm³/mol. The van der Waals surface area contributed by atoms with E-state index in [1.165, 1.54) is 0 Å². The van der Waals surface area contributed by atoms with Crippen LogP contribution in [0.3, 0.4) is 0 Å². The second kappa shape index (κ2) is 16.6. The zero-order chi connectivity index (χ0) is 17.3. The van der Waals surface area contributed by atoms with Gasteiger partial charge in [-0.25, -0.2) is 0 Å². The van der Waals surface area contributed by atoms with Crippen molar-refractivity contribution in [2.45, 2.75) is 13.3 Å². The normalized spacial score (nSPS) is 12.0. The third-order valence-electron chi connectivity index (χ3n) is 3.83. The fourth-order valence-electron chi connectivity index (χ4n) is 2.54. The first kappa shape index (κ1) is 22.7. The van der Waals surface area contributed by atoms with Crippen molar-refractivity contribution < 1.29 is 15.3 Å². The largest absolute Gasteiger partial charge is 0.395 e. The first-order valence-corrected chi connectivity index (χ1v) is 8.64. The number of hydrogen-bond donors (Lipinski definition) is 4. The lowest BCUT2D eigenvalue weighted by atomic mass is 10.3. The Kier molecular flexibility index (Phi) is 16.4. The number of rotatable bonds is 17. The summed E-state index contributed by atoms with van der Waals surface area (Å²) in [5, 5.41) is 30.0. The Labute approximate surface area is 141 Å². The smallest absolute Gasteiger partial charge is 0.0558 e. The molecule has 0 aromatic carbocycles. The van der Waals surface area contributed by atoms with E-state index in [9.17, 15) is 5.11 Å². The van der Waals surface area contributed by atoms with Crippen LogP contribution in [0.4, 0.5) is 0 Å². The summed E-state index contributed by atoms with van der Waals surface area (Å²) in [7, 11) is 5.35. The number of hydrogen-bond acceptors (Lipinski definition) is 7. The first-order valence-electron chi connectivity index (χ1n) is 8.64. The molecule has 0 fully saturated rings. The van der Waals surface area contributed by atoms with Gasteiger partial charge in [-0.15, -0.1) is 0 Å². The van der Waals surface area contributed by atoms with Gasteiger partial charge in [0.1, 0.15) is 0 Å². The van der Waals surface area contributed by atoms with Crippen molar-refractivity contribution in [3.8, 4) is 0 Å². The van der Waals surface area contributed by atoms with Crippen molar-refractivity contribution in [1.82, 2.24) is 20.0 Å². The quantitative estimate of drug-likeness (QED) is 0.242. The molecular weight excluding hydrogens is 296 g/mol. The van der Waals surface area contributed by atoms with Gasteiger partial charge in [0.2, 0.25) is 0 Å². The molecule has 0 aliphatic carbocycles. The van der Waals surface area contributed by atoms with Crippen LogP contribution in [0.5, 0.6) is 0 Å². The lowest BCUT2D eigenvalue weighted by molar-refractivity contribution is 0.125. The van der Waals surface area contributed by atoms with Gasteiger partial charge in [-0.2, -0.15) is 0 Å². The van der Waals surface area contributed by atoms with Crippen molar-refractivity contribution >= 4 is 0 Å². The molecule has 0 atom stereocenters. The Morgan fingerprint density at radius 3 is 1.39 bits per heavy atom. The molecule has 2 radical (unpaired) electrons. The van der Waals surface area contributed by atoms with Crippen LogP contribution in [-0.4, -0.2) is 115 Å². The highest BCUT2D eigenvalue weighted by molar-refractivity contribution is 4.67. The molecule has 0 unspecified atom stereocenters. The SMILES string of the molecule is [CH]NCCN(CCC)CCN(CCO)CCN(CCO)CCO. The summed E-state index contributed by atoms with van der Waals surface area (Å²) in [6.07, 6.45) is 1.10. The van der Waals surface area contributed by atoms with Crippen LogP contribution >= 0.6 is 0 Å². The second-order valence-electron chi connectivity index (χ2n) is 5.65. The number of nitrogens with one attached hydrogen (secondary N) is 1. The van der Waals surface area contributed by atoms with Crippen LogP contribution in [-0.2, 0) is 0 Å². The van der Waals surface area contributed by atoms with E-state index in [0.717, 1.165) is 52.2 Å². The van der Waals surface area contributed by atoms with Gasteiger partial charge in [0, 0.05) is 66.0 Å². The first-order chi connectivity index (χ1) is 11.2. The van der Waals surface area contributed by atoms with Gasteiger partial charge >= 0.3 is 0 Å². The van der Waals surface area contributed by atoms with Gasteiger partial charge < -0.3 is 25.5 Å². The molecule has 138 valence electrons. The molecule has 23 heavy (non-hydrogen) atoms. The topological polar surface area (TPSA) is 82.4 Å². The zero-order valence-electron chi connectivity index (χ0n) is 14.7. The third kappa shape index (κ3) is 12.8. The van der Waals surface area contributed by atoms with Gasteiger partial charge in [0.25, 0.3) is 0 Å². The van der Waals surface area contributed by atoms with Crippen molar-refractivity contribution in [2.75, 3.05) is 85.3 Å². The van der Waals surface area contributed by atoms with Crippen LogP contribution in [0, 0.1) is 7.05 Å². The average Bonchev–Trinajstić information content (AvgIpc) is 2.55. The predicted octanol–water partition coefficient (Wildman–Crippen LogP) is -1.46. The molecule has 0 aliphatic rings. The molecule has 0 aliphatic heterocycles. The van der Waals surface area contributed by atoms with E-state index in [-0.39, 0.29) is 19.8 Å². The maximum Gasteiger partial charge on any atom is 0.0558 e. The monoisotopic (exact) mass is 332 g/mol. The standard InChI is InChI=1S/C16H36N4O3/c1-3-5-18(6-4-17-2)7-8-19(11-14-21)9-10-20(12-15-22)13-16-23/h2,17,21-23H,3-16H2,1H3. The summed E-state index contributed by atoms with van der Waals surface area (Å²) in [6.45, 7) is 10.4. The van der Waals surface area contributed by atoms with Gasteiger partial charge in [-0.1, -0.05) is 6.92 Å². The molecule has 4 N–H and O–H groups in total. The minimum Gasteiger partial charge on any atom is -0.395 e. The molecule has 7 heteroatoms. The molecule has 0 spiro atoms. The lowest BCUT2D eigenvalue weighted by Gasteiger charge is -2.29. The summed E-state index contributed by atoms with van der Waals surface area (Å²) < 4.78 is 0. The highest BCUT2D eigenvalue weighted by atomic mass is 16.3. The molecule has 0 aromatic rings.